The van der Waals surface area contributed by atoms with E-state index in [4.69, 9.17) is 16.3 Å². The van der Waals surface area contributed by atoms with Crippen molar-refractivity contribution in [3.05, 3.63) is 35.4 Å². The van der Waals surface area contributed by atoms with Crippen molar-refractivity contribution in [1.82, 2.24) is 15.0 Å². The summed E-state index contributed by atoms with van der Waals surface area (Å²) >= 11 is 5.99. The number of aromatic amines is 1. The summed E-state index contributed by atoms with van der Waals surface area (Å²) in [4.78, 5) is 14.3. The van der Waals surface area contributed by atoms with Crippen LogP contribution >= 0.6 is 11.6 Å². The number of imidazole rings is 1. The van der Waals surface area contributed by atoms with Gasteiger partial charge in [0.15, 0.2) is 5.65 Å². The monoisotopic (exact) mass is 302 g/mol. The molecular formula is C15H15ClN4O. The normalized spacial score (nSPS) is 10.9. The molecule has 1 N–H and O–H groups in total. The van der Waals surface area contributed by atoms with E-state index in [1.54, 1.807) is 13.2 Å². The van der Waals surface area contributed by atoms with Crippen LogP contribution < -0.4 is 9.64 Å². The smallest absolute Gasteiger partial charge is 0.180 e. The van der Waals surface area contributed by atoms with Crippen LogP contribution in [0.3, 0.4) is 0 Å². The van der Waals surface area contributed by atoms with E-state index >= 15 is 0 Å². The molecule has 1 aromatic carbocycles. The number of nitrogens with one attached hydrogen (secondary N) is 1. The molecule has 0 atom stereocenters. The predicted octanol–water partition coefficient (Wildman–Crippen LogP) is 3.35. The number of halogens is 1. The lowest BCUT2D eigenvalue weighted by atomic mass is 10.2. The van der Waals surface area contributed by atoms with Gasteiger partial charge < -0.3 is 14.6 Å². The molecule has 3 aromatic rings. The van der Waals surface area contributed by atoms with Gasteiger partial charge in [0, 0.05) is 19.1 Å². The maximum Gasteiger partial charge on any atom is 0.180 e. The van der Waals surface area contributed by atoms with E-state index in [1.807, 2.05) is 43.3 Å². The highest BCUT2D eigenvalue weighted by atomic mass is 35.5. The summed E-state index contributed by atoms with van der Waals surface area (Å²) in [6.45, 7) is 0. The zero-order valence-electron chi connectivity index (χ0n) is 12.0. The summed E-state index contributed by atoms with van der Waals surface area (Å²) in [6, 6.07) is 9.37. The Morgan fingerprint density at radius 1 is 1.14 bits per heavy atom. The van der Waals surface area contributed by atoms with Crippen molar-refractivity contribution >= 4 is 28.6 Å². The Bertz CT molecular complexity index is 797. The molecule has 0 amide bonds. The Kier molecular flexibility index (Phi) is 3.43. The molecule has 0 aliphatic rings. The summed E-state index contributed by atoms with van der Waals surface area (Å²) in [5, 5.41) is 0.625. The topological polar surface area (TPSA) is 54.0 Å². The zero-order chi connectivity index (χ0) is 15.0. The molecular weight excluding hydrogens is 288 g/mol. The van der Waals surface area contributed by atoms with Crippen LogP contribution in [0.2, 0.25) is 5.02 Å². The Morgan fingerprint density at radius 2 is 1.95 bits per heavy atom. The van der Waals surface area contributed by atoms with Gasteiger partial charge >= 0.3 is 0 Å². The number of ether oxygens (including phenoxy) is 1. The largest absolute Gasteiger partial charge is 0.496 e. The van der Waals surface area contributed by atoms with E-state index in [-0.39, 0.29) is 0 Å². The van der Waals surface area contributed by atoms with Gasteiger partial charge in [-0.15, -0.1) is 0 Å². The molecule has 0 bridgehead atoms. The maximum atomic E-state index is 5.99. The first kappa shape index (κ1) is 13.7. The Balaban J connectivity index is 2.13. The molecule has 2 heterocycles. The summed E-state index contributed by atoms with van der Waals surface area (Å²) < 4.78 is 5.37. The van der Waals surface area contributed by atoms with Gasteiger partial charge in [0.1, 0.15) is 17.4 Å². The standard InChI is InChI=1S/C15H15ClN4O/c1-20(2)13-7-6-11-15(18-13)19-14(17-11)10-5-4-9(16)8-12(10)21-3/h4-8H,1-3H3,(H,17,18,19). The van der Waals surface area contributed by atoms with Gasteiger partial charge in [0.25, 0.3) is 0 Å². The van der Waals surface area contributed by atoms with E-state index < -0.39 is 0 Å². The Hall–Kier alpha value is -2.27. The number of anilines is 1. The number of benzene rings is 1. The van der Waals surface area contributed by atoms with E-state index in [2.05, 4.69) is 15.0 Å². The minimum Gasteiger partial charge on any atom is -0.496 e. The molecule has 5 nitrogen and oxygen atoms in total. The van der Waals surface area contributed by atoms with Gasteiger partial charge in [-0.3, -0.25) is 0 Å². The fourth-order valence-corrected chi connectivity index (χ4v) is 2.28. The van der Waals surface area contributed by atoms with Crippen molar-refractivity contribution in [2.24, 2.45) is 0 Å². The van der Waals surface area contributed by atoms with Crippen LogP contribution in [0.1, 0.15) is 0 Å². The minimum atomic E-state index is 0.625. The average Bonchev–Trinajstić information content (AvgIpc) is 2.89. The first-order chi connectivity index (χ1) is 10.1. The number of H-pyrrole nitrogens is 1. The number of hydrogen-bond donors (Lipinski definition) is 1. The molecule has 21 heavy (non-hydrogen) atoms. The number of fused-ring (bicyclic) bond motifs is 1. The molecule has 0 aliphatic heterocycles. The van der Waals surface area contributed by atoms with Crippen molar-refractivity contribution in [2.45, 2.75) is 0 Å². The molecule has 108 valence electrons. The van der Waals surface area contributed by atoms with Crippen LogP contribution in [0.25, 0.3) is 22.6 Å². The quantitative estimate of drug-likeness (QED) is 0.806. The van der Waals surface area contributed by atoms with Crippen LogP contribution in [0, 0.1) is 0 Å². The highest BCUT2D eigenvalue weighted by Gasteiger charge is 2.12. The molecule has 6 heteroatoms. The maximum absolute atomic E-state index is 5.99. The number of hydrogen-bond acceptors (Lipinski definition) is 4. The van der Waals surface area contributed by atoms with E-state index in [0.29, 0.717) is 22.2 Å². The van der Waals surface area contributed by atoms with E-state index in [9.17, 15) is 0 Å². The van der Waals surface area contributed by atoms with Crippen LogP contribution in [0.15, 0.2) is 30.3 Å². The second kappa shape index (κ2) is 5.26. The minimum absolute atomic E-state index is 0.625. The second-order valence-corrected chi connectivity index (χ2v) is 5.30. The number of rotatable bonds is 3. The number of methoxy groups -OCH3 is 1. The molecule has 0 saturated carbocycles. The van der Waals surface area contributed by atoms with Crippen molar-refractivity contribution < 1.29 is 4.74 Å². The highest BCUT2D eigenvalue weighted by molar-refractivity contribution is 6.30. The van der Waals surface area contributed by atoms with E-state index in [1.165, 1.54) is 0 Å². The predicted molar refractivity (Wildman–Crippen MR) is 85.2 cm³/mol. The first-order valence-electron chi connectivity index (χ1n) is 6.46. The van der Waals surface area contributed by atoms with Crippen LogP contribution in [0.4, 0.5) is 5.82 Å². The fraction of sp³-hybridized carbons (Fsp3) is 0.200. The SMILES string of the molecule is COc1cc(Cl)ccc1-c1nc2nc(N(C)C)ccc2[nH]1. The lowest BCUT2D eigenvalue weighted by molar-refractivity contribution is 0.416. The third kappa shape index (κ3) is 2.52. The van der Waals surface area contributed by atoms with Gasteiger partial charge in [-0.25, -0.2) is 9.97 Å². The van der Waals surface area contributed by atoms with Gasteiger partial charge in [0.05, 0.1) is 18.2 Å². The van der Waals surface area contributed by atoms with Gasteiger partial charge in [-0.2, -0.15) is 0 Å². The summed E-state index contributed by atoms with van der Waals surface area (Å²) in [5.74, 6) is 2.25. The van der Waals surface area contributed by atoms with Crippen molar-refractivity contribution in [3.8, 4) is 17.1 Å². The Morgan fingerprint density at radius 3 is 2.67 bits per heavy atom. The van der Waals surface area contributed by atoms with Crippen molar-refractivity contribution in [1.29, 1.82) is 0 Å². The third-order valence-electron chi connectivity index (χ3n) is 3.21. The lowest BCUT2D eigenvalue weighted by Crippen LogP contribution is -2.10. The second-order valence-electron chi connectivity index (χ2n) is 4.87. The van der Waals surface area contributed by atoms with Gasteiger partial charge in [-0.1, -0.05) is 11.6 Å². The molecule has 0 radical (unpaired) electrons. The average molecular weight is 303 g/mol. The molecule has 3 rings (SSSR count). The fourth-order valence-electron chi connectivity index (χ4n) is 2.12. The lowest BCUT2D eigenvalue weighted by Gasteiger charge is -2.09. The van der Waals surface area contributed by atoms with Crippen molar-refractivity contribution in [3.63, 3.8) is 0 Å². The molecule has 0 spiro atoms. The first-order valence-corrected chi connectivity index (χ1v) is 6.84. The molecule has 2 aromatic heterocycles. The number of aromatic nitrogens is 3. The summed E-state index contributed by atoms with van der Waals surface area (Å²) in [7, 11) is 5.51. The van der Waals surface area contributed by atoms with E-state index in [0.717, 1.165) is 16.9 Å². The van der Waals surface area contributed by atoms with Crippen molar-refractivity contribution in [2.75, 3.05) is 26.1 Å². The molecule has 0 unspecified atom stereocenters. The third-order valence-corrected chi connectivity index (χ3v) is 3.44. The molecule has 0 saturated heterocycles. The number of pyridine rings is 1. The van der Waals surface area contributed by atoms with Gasteiger partial charge in [0.2, 0.25) is 0 Å². The Labute approximate surface area is 127 Å². The number of nitrogens with zero attached hydrogens (tertiary/aromatic N) is 3. The van der Waals surface area contributed by atoms with Gasteiger partial charge in [-0.05, 0) is 30.3 Å². The molecule has 0 aliphatic carbocycles. The van der Waals surface area contributed by atoms with Crippen LogP contribution in [-0.2, 0) is 0 Å². The summed E-state index contributed by atoms with van der Waals surface area (Å²) in [5.41, 5.74) is 2.41. The summed E-state index contributed by atoms with van der Waals surface area (Å²) in [6.07, 6.45) is 0. The van der Waals surface area contributed by atoms with Crippen LogP contribution in [0.5, 0.6) is 5.75 Å². The highest BCUT2D eigenvalue weighted by Crippen LogP contribution is 2.31. The van der Waals surface area contributed by atoms with Crippen LogP contribution in [-0.4, -0.2) is 36.2 Å². The zero-order valence-corrected chi connectivity index (χ0v) is 12.8. The molecule has 0 fully saturated rings.